The van der Waals surface area contributed by atoms with Crippen LogP contribution in [0.2, 0.25) is 0 Å². The number of nitrogens with zero attached hydrogens (tertiary/aromatic N) is 3. The van der Waals surface area contributed by atoms with Crippen LogP contribution >= 0.6 is 0 Å². The van der Waals surface area contributed by atoms with Crippen LogP contribution in [-0.2, 0) is 6.54 Å². The van der Waals surface area contributed by atoms with E-state index in [1.807, 2.05) is 19.9 Å². The maximum absolute atomic E-state index is 12.5. The van der Waals surface area contributed by atoms with Crippen molar-refractivity contribution in [1.82, 2.24) is 14.7 Å². The van der Waals surface area contributed by atoms with Crippen LogP contribution in [0, 0.1) is 6.92 Å². The van der Waals surface area contributed by atoms with Crippen LogP contribution in [0.3, 0.4) is 0 Å². The van der Waals surface area contributed by atoms with E-state index < -0.39 is 6.10 Å². The topological polar surface area (TPSA) is 58.4 Å². The van der Waals surface area contributed by atoms with Gasteiger partial charge in [0.05, 0.1) is 17.8 Å². The Labute approximate surface area is 114 Å². The Kier molecular flexibility index (Phi) is 4.24. The average Bonchev–Trinajstić information content (AvgIpc) is 2.79. The van der Waals surface area contributed by atoms with Crippen LogP contribution in [0.15, 0.2) is 6.07 Å². The molecule has 0 aliphatic heterocycles. The summed E-state index contributed by atoms with van der Waals surface area (Å²) >= 11 is 0. The van der Waals surface area contributed by atoms with Gasteiger partial charge in [0.1, 0.15) is 5.69 Å². The quantitative estimate of drug-likeness (QED) is 0.903. The zero-order valence-corrected chi connectivity index (χ0v) is 12.0. The lowest BCUT2D eigenvalue weighted by Gasteiger charge is -2.35. The second-order valence-electron chi connectivity index (χ2n) is 5.32. The van der Waals surface area contributed by atoms with Gasteiger partial charge in [-0.15, -0.1) is 0 Å². The SMILES string of the molecule is CCn1nc(C)cc1C(=O)N(C)C1CCCCC1O. The number of aliphatic hydroxyl groups excluding tert-OH is 1. The van der Waals surface area contributed by atoms with Gasteiger partial charge in [-0.2, -0.15) is 5.10 Å². The van der Waals surface area contributed by atoms with Crippen molar-refractivity contribution >= 4 is 5.91 Å². The van der Waals surface area contributed by atoms with E-state index in [1.54, 1.807) is 16.6 Å². The van der Waals surface area contributed by atoms with E-state index in [0.29, 0.717) is 12.2 Å². The van der Waals surface area contributed by atoms with Crippen molar-refractivity contribution in [2.24, 2.45) is 0 Å². The molecule has 1 N–H and O–H groups in total. The van der Waals surface area contributed by atoms with E-state index in [0.717, 1.165) is 31.4 Å². The molecule has 1 heterocycles. The summed E-state index contributed by atoms with van der Waals surface area (Å²) in [4.78, 5) is 14.2. The summed E-state index contributed by atoms with van der Waals surface area (Å²) in [7, 11) is 1.78. The first-order valence-electron chi connectivity index (χ1n) is 7.04. The van der Waals surface area contributed by atoms with Crippen molar-refractivity contribution < 1.29 is 9.90 Å². The van der Waals surface area contributed by atoms with Gasteiger partial charge in [-0.25, -0.2) is 0 Å². The number of likely N-dealkylation sites (N-methyl/N-ethyl adjacent to an activating group) is 1. The van der Waals surface area contributed by atoms with Crippen molar-refractivity contribution in [3.05, 3.63) is 17.5 Å². The molecule has 1 aliphatic rings. The minimum Gasteiger partial charge on any atom is -0.391 e. The maximum Gasteiger partial charge on any atom is 0.272 e. The summed E-state index contributed by atoms with van der Waals surface area (Å²) in [5.41, 5.74) is 1.46. The fourth-order valence-corrected chi connectivity index (χ4v) is 2.83. The lowest BCUT2D eigenvalue weighted by atomic mass is 9.91. The monoisotopic (exact) mass is 265 g/mol. The van der Waals surface area contributed by atoms with Crippen molar-refractivity contribution in [1.29, 1.82) is 0 Å². The van der Waals surface area contributed by atoms with Gasteiger partial charge in [-0.3, -0.25) is 9.48 Å². The standard InChI is InChI=1S/C14H23N3O2/c1-4-17-12(9-10(2)15-17)14(19)16(3)11-7-5-6-8-13(11)18/h9,11,13,18H,4-8H2,1-3H3. The predicted octanol–water partition coefficient (Wildman–Crippen LogP) is 1.59. The number of aryl methyl sites for hydroxylation is 2. The summed E-state index contributed by atoms with van der Waals surface area (Å²) in [6, 6.07) is 1.75. The van der Waals surface area contributed by atoms with Crippen LogP contribution in [0.4, 0.5) is 0 Å². The maximum atomic E-state index is 12.5. The average molecular weight is 265 g/mol. The molecule has 1 amide bonds. The molecule has 1 aliphatic carbocycles. The van der Waals surface area contributed by atoms with Gasteiger partial charge < -0.3 is 10.0 Å². The number of amides is 1. The van der Waals surface area contributed by atoms with Crippen molar-refractivity contribution in [3.63, 3.8) is 0 Å². The van der Waals surface area contributed by atoms with Crippen molar-refractivity contribution in [2.75, 3.05) is 7.05 Å². The number of rotatable bonds is 3. The van der Waals surface area contributed by atoms with E-state index in [2.05, 4.69) is 5.10 Å². The van der Waals surface area contributed by atoms with E-state index in [9.17, 15) is 9.90 Å². The molecule has 5 heteroatoms. The number of aromatic nitrogens is 2. The number of carbonyl (C=O) groups is 1. The molecule has 1 aromatic heterocycles. The highest BCUT2D eigenvalue weighted by Crippen LogP contribution is 2.23. The highest BCUT2D eigenvalue weighted by atomic mass is 16.3. The molecule has 106 valence electrons. The number of hydrogen-bond acceptors (Lipinski definition) is 3. The minimum atomic E-state index is -0.401. The molecule has 1 fully saturated rings. The molecule has 19 heavy (non-hydrogen) atoms. The molecule has 0 bridgehead atoms. The molecule has 0 aromatic carbocycles. The normalized spacial score (nSPS) is 23.4. The van der Waals surface area contributed by atoms with E-state index >= 15 is 0 Å². The molecular formula is C14H23N3O2. The van der Waals surface area contributed by atoms with Crippen LogP contribution in [0.5, 0.6) is 0 Å². The second kappa shape index (κ2) is 5.74. The molecule has 2 unspecified atom stereocenters. The second-order valence-corrected chi connectivity index (χ2v) is 5.32. The molecule has 0 spiro atoms. The molecular weight excluding hydrogens is 242 g/mol. The molecule has 5 nitrogen and oxygen atoms in total. The number of hydrogen-bond donors (Lipinski definition) is 1. The smallest absolute Gasteiger partial charge is 0.272 e. The molecule has 0 radical (unpaired) electrons. The lowest BCUT2D eigenvalue weighted by Crippen LogP contribution is -2.46. The minimum absolute atomic E-state index is 0.0478. The van der Waals surface area contributed by atoms with Gasteiger partial charge in [-0.1, -0.05) is 12.8 Å². The summed E-state index contributed by atoms with van der Waals surface area (Å²) in [6.07, 6.45) is 3.38. The summed E-state index contributed by atoms with van der Waals surface area (Å²) in [6.45, 7) is 4.53. The van der Waals surface area contributed by atoms with Crippen molar-refractivity contribution in [3.8, 4) is 0 Å². The first kappa shape index (κ1) is 14.1. The highest BCUT2D eigenvalue weighted by Gasteiger charge is 2.31. The highest BCUT2D eigenvalue weighted by molar-refractivity contribution is 5.92. The Balaban J connectivity index is 2.18. The molecule has 2 rings (SSSR count). The van der Waals surface area contributed by atoms with E-state index in [4.69, 9.17) is 0 Å². The lowest BCUT2D eigenvalue weighted by molar-refractivity contribution is 0.0260. The zero-order chi connectivity index (χ0) is 14.0. The van der Waals surface area contributed by atoms with Gasteiger partial charge in [0.15, 0.2) is 0 Å². The third-order valence-corrected chi connectivity index (χ3v) is 3.93. The summed E-state index contributed by atoms with van der Waals surface area (Å²) < 4.78 is 1.73. The zero-order valence-electron chi connectivity index (χ0n) is 12.0. The van der Waals surface area contributed by atoms with Crippen LogP contribution < -0.4 is 0 Å². The molecule has 1 aromatic rings. The first-order chi connectivity index (χ1) is 9.04. The molecule has 1 saturated carbocycles. The number of aliphatic hydroxyl groups is 1. The van der Waals surface area contributed by atoms with Crippen LogP contribution in [0.25, 0.3) is 0 Å². The van der Waals surface area contributed by atoms with Gasteiger partial charge in [0.25, 0.3) is 5.91 Å². The Hall–Kier alpha value is -1.36. The Morgan fingerprint density at radius 2 is 2.21 bits per heavy atom. The molecule has 2 atom stereocenters. The largest absolute Gasteiger partial charge is 0.391 e. The third-order valence-electron chi connectivity index (χ3n) is 3.93. The van der Waals surface area contributed by atoms with Crippen molar-refractivity contribution in [2.45, 2.75) is 58.2 Å². The molecule has 0 saturated heterocycles. The van der Waals surface area contributed by atoms with Gasteiger partial charge in [0, 0.05) is 13.6 Å². The summed E-state index contributed by atoms with van der Waals surface area (Å²) in [5, 5.41) is 14.4. The predicted molar refractivity (Wildman–Crippen MR) is 73.0 cm³/mol. The van der Waals surface area contributed by atoms with E-state index in [1.165, 1.54) is 0 Å². The fourth-order valence-electron chi connectivity index (χ4n) is 2.83. The Morgan fingerprint density at radius 1 is 1.53 bits per heavy atom. The number of carbonyl (C=O) groups excluding carboxylic acids is 1. The van der Waals surface area contributed by atoms with Crippen LogP contribution in [0.1, 0.15) is 48.8 Å². The third kappa shape index (κ3) is 2.81. The van der Waals surface area contributed by atoms with Gasteiger partial charge in [0.2, 0.25) is 0 Å². The first-order valence-corrected chi connectivity index (χ1v) is 7.04. The fraction of sp³-hybridized carbons (Fsp3) is 0.714. The Bertz CT molecular complexity index is 456. The van der Waals surface area contributed by atoms with Crippen LogP contribution in [-0.4, -0.2) is 44.9 Å². The van der Waals surface area contributed by atoms with E-state index in [-0.39, 0.29) is 11.9 Å². The summed E-state index contributed by atoms with van der Waals surface area (Å²) in [5.74, 6) is -0.0478. The van der Waals surface area contributed by atoms with Gasteiger partial charge >= 0.3 is 0 Å². The van der Waals surface area contributed by atoms with Gasteiger partial charge in [-0.05, 0) is 32.8 Å². The Morgan fingerprint density at radius 3 is 2.84 bits per heavy atom.